The van der Waals surface area contributed by atoms with Gasteiger partial charge in [0, 0.05) is 13.6 Å². The van der Waals surface area contributed by atoms with Crippen molar-refractivity contribution in [3.05, 3.63) is 65.7 Å². The smallest absolute Gasteiger partial charge is 0.263 e. The van der Waals surface area contributed by atoms with E-state index in [9.17, 15) is 4.79 Å². The summed E-state index contributed by atoms with van der Waals surface area (Å²) in [6, 6.07) is 17.9. The highest BCUT2D eigenvalue weighted by molar-refractivity contribution is 5.80. The molecule has 23 heavy (non-hydrogen) atoms. The topological polar surface area (TPSA) is 29.5 Å². The normalized spacial score (nSPS) is 12.0. The number of amides is 1. The van der Waals surface area contributed by atoms with E-state index in [0.717, 1.165) is 11.3 Å². The molecule has 2 aromatic carbocycles. The van der Waals surface area contributed by atoms with E-state index in [-0.39, 0.29) is 5.91 Å². The number of benzene rings is 2. The molecule has 1 unspecified atom stereocenters. The van der Waals surface area contributed by atoms with Gasteiger partial charge in [0.2, 0.25) is 0 Å². The second kappa shape index (κ2) is 7.82. The minimum atomic E-state index is -0.508. The van der Waals surface area contributed by atoms with Gasteiger partial charge < -0.3 is 9.64 Å². The van der Waals surface area contributed by atoms with Gasteiger partial charge in [0.15, 0.2) is 6.10 Å². The maximum Gasteiger partial charge on any atom is 0.263 e. The average molecular weight is 311 g/mol. The van der Waals surface area contributed by atoms with Crippen molar-refractivity contribution in [2.45, 2.75) is 39.3 Å². The Morgan fingerprint density at radius 1 is 1.04 bits per heavy atom. The van der Waals surface area contributed by atoms with Crippen molar-refractivity contribution in [2.24, 2.45) is 0 Å². The van der Waals surface area contributed by atoms with Crippen molar-refractivity contribution >= 4 is 5.91 Å². The number of nitrogens with zero attached hydrogens (tertiary/aromatic N) is 1. The Morgan fingerprint density at radius 2 is 1.74 bits per heavy atom. The minimum Gasteiger partial charge on any atom is -0.481 e. The Balaban J connectivity index is 1.98. The fourth-order valence-corrected chi connectivity index (χ4v) is 2.45. The summed E-state index contributed by atoms with van der Waals surface area (Å²) >= 11 is 0. The minimum absolute atomic E-state index is 0.0243. The van der Waals surface area contributed by atoms with E-state index >= 15 is 0 Å². The van der Waals surface area contributed by atoms with Crippen LogP contribution in [0.4, 0.5) is 0 Å². The van der Waals surface area contributed by atoms with Crippen LogP contribution in [0.5, 0.6) is 5.75 Å². The quantitative estimate of drug-likeness (QED) is 0.798. The van der Waals surface area contributed by atoms with Crippen molar-refractivity contribution in [2.75, 3.05) is 7.05 Å². The first kappa shape index (κ1) is 17.1. The van der Waals surface area contributed by atoms with Crippen LogP contribution in [0.3, 0.4) is 0 Å². The van der Waals surface area contributed by atoms with Crippen LogP contribution in [0, 0.1) is 0 Å². The summed E-state index contributed by atoms with van der Waals surface area (Å²) in [4.78, 5) is 14.2. The van der Waals surface area contributed by atoms with E-state index in [4.69, 9.17) is 4.74 Å². The van der Waals surface area contributed by atoms with Gasteiger partial charge in [-0.15, -0.1) is 0 Å². The monoisotopic (exact) mass is 311 g/mol. The lowest BCUT2D eigenvalue weighted by Gasteiger charge is -2.22. The van der Waals surface area contributed by atoms with Gasteiger partial charge in [0.05, 0.1) is 0 Å². The molecule has 0 heterocycles. The number of likely N-dealkylation sites (N-methyl/N-ethyl adjacent to an activating group) is 1. The Bertz CT molecular complexity index is 637. The van der Waals surface area contributed by atoms with E-state index in [1.54, 1.807) is 18.9 Å². The number of carbonyl (C=O) groups is 1. The zero-order valence-electron chi connectivity index (χ0n) is 14.3. The molecule has 1 atom stereocenters. The van der Waals surface area contributed by atoms with Gasteiger partial charge in [-0.3, -0.25) is 4.79 Å². The van der Waals surface area contributed by atoms with Gasteiger partial charge in [-0.05, 0) is 36.1 Å². The fourth-order valence-electron chi connectivity index (χ4n) is 2.45. The lowest BCUT2D eigenvalue weighted by Crippen LogP contribution is -2.37. The molecule has 0 saturated carbocycles. The summed E-state index contributed by atoms with van der Waals surface area (Å²) < 4.78 is 5.83. The molecule has 2 rings (SSSR count). The summed E-state index contributed by atoms with van der Waals surface area (Å²) in [5.74, 6) is 1.15. The number of hydrogen-bond donors (Lipinski definition) is 0. The highest BCUT2D eigenvalue weighted by Gasteiger charge is 2.19. The SMILES string of the molecule is CC(Oc1cccc(C(C)C)c1)C(=O)N(C)Cc1ccccc1. The molecule has 0 saturated heterocycles. The zero-order chi connectivity index (χ0) is 16.8. The third-order valence-corrected chi connectivity index (χ3v) is 3.82. The molecular weight excluding hydrogens is 286 g/mol. The number of rotatable bonds is 6. The highest BCUT2D eigenvalue weighted by Crippen LogP contribution is 2.21. The molecule has 3 heteroatoms. The van der Waals surface area contributed by atoms with Gasteiger partial charge in [-0.1, -0.05) is 56.3 Å². The van der Waals surface area contributed by atoms with Crippen LogP contribution in [-0.2, 0) is 11.3 Å². The molecule has 0 N–H and O–H groups in total. The summed E-state index contributed by atoms with van der Waals surface area (Å²) in [5, 5.41) is 0. The van der Waals surface area contributed by atoms with E-state index in [2.05, 4.69) is 19.9 Å². The third kappa shape index (κ3) is 4.85. The molecule has 0 aliphatic heterocycles. The molecule has 122 valence electrons. The van der Waals surface area contributed by atoms with Crippen LogP contribution in [0.1, 0.15) is 37.8 Å². The van der Waals surface area contributed by atoms with Crippen molar-refractivity contribution in [3.63, 3.8) is 0 Å². The molecular formula is C20H25NO2. The average Bonchev–Trinajstić information content (AvgIpc) is 2.55. The van der Waals surface area contributed by atoms with E-state index in [1.165, 1.54) is 5.56 Å². The fraction of sp³-hybridized carbons (Fsp3) is 0.350. The second-order valence-electron chi connectivity index (χ2n) is 6.17. The van der Waals surface area contributed by atoms with Crippen molar-refractivity contribution in [1.29, 1.82) is 0 Å². The Labute approximate surface area is 138 Å². The Hall–Kier alpha value is -2.29. The van der Waals surface area contributed by atoms with Crippen LogP contribution in [-0.4, -0.2) is 24.0 Å². The molecule has 2 aromatic rings. The molecule has 0 aliphatic carbocycles. The van der Waals surface area contributed by atoms with Crippen molar-refractivity contribution < 1.29 is 9.53 Å². The highest BCUT2D eigenvalue weighted by atomic mass is 16.5. The molecule has 0 radical (unpaired) electrons. The van der Waals surface area contributed by atoms with Gasteiger partial charge >= 0.3 is 0 Å². The maximum atomic E-state index is 12.5. The van der Waals surface area contributed by atoms with Crippen LogP contribution in [0.15, 0.2) is 54.6 Å². The first-order chi connectivity index (χ1) is 11.0. The molecule has 3 nitrogen and oxygen atoms in total. The molecule has 0 aliphatic rings. The maximum absolute atomic E-state index is 12.5. The molecule has 0 fully saturated rings. The first-order valence-electron chi connectivity index (χ1n) is 8.03. The first-order valence-corrected chi connectivity index (χ1v) is 8.03. The molecule has 0 spiro atoms. The Morgan fingerprint density at radius 3 is 2.39 bits per heavy atom. The summed E-state index contributed by atoms with van der Waals surface area (Å²) in [7, 11) is 1.81. The lowest BCUT2D eigenvalue weighted by molar-refractivity contribution is -0.137. The second-order valence-corrected chi connectivity index (χ2v) is 6.17. The molecule has 0 aromatic heterocycles. The van der Waals surface area contributed by atoms with Crippen molar-refractivity contribution in [1.82, 2.24) is 4.90 Å². The van der Waals surface area contributed by atoms with Crippen LogP contribution in [0.25, 0.3) is 0 Å². The summed E-state index contributed by atoms with van der Waals surface area (Å²) in [6.45, 7) is 6.66. The standard InChI is InChI=1S/C20H25NO2/c1-15(2)18-11-8-12-19(13-18)23-16(3)20(22)21(4)14-17-9-6-5-7-10-17/h5-13,15-16H,14H2,1-4H3. The third-order valence-electron chi connectivity index (χ3n) is 3.82. The van der Waals surface area contributed by atoms with Gasteiger partial charge in [-0.2, -0.15) is 0 Å². The zero-order valence-corrected chi connectivity index (χ0v) is 14.3. The van der Waals surface area contributed by atoms with Gasteiger partial charge in [0.25, 0.3) is 5.91 Å². The predicted octanol–water partition coefficient (Wildman–Crippen LogP) is 4.24. The van der Waals surface area contributed by atoms with E-state index in [0.29, 0.717) is 12.5 Å². The molecule has 1 amide bonds. The van der Waals surface area contributed by atoms with Gasteiger partial charge in [-0.25, -0.2) is 0 Å². The van der Waals surface area contributed by atoms with Crippen molar-refractivity contribution in [3.8, 4) is 5.75 Å². The summed E-state index contributed by atoms with van der Waals surface area (Å²) in [5.41, 5.74) is 2.32. The summed E-state index contributed by atoms with van der Waals surface area (Å²) in [6.07, 6.45) is -0.508. The van der Waals surface area contributed by atoms with Crippen LogP contribution in [0.2, 0.25) is 0 Å². The van der Waals surface area contributed by atoms with Gasteiger partial charge in [0.1, 0.15) is 5.75 Å². The predicted molar refractivity (Wildman–Crippen MR) is 93.5 cm³/mol. The largest absolute Gasteiger partial charge is 0.481 e. The van der Waals surface area contributed by atoms with E-state index < -0.39 is 6.10 Å². The Kier molecular flexibility index (Phi) is 5.80. The number of hydrogen-bond acceptors (Lipinski definition) is 2. The number of carbonyl (C=O) groups excluding carboxylic acids is 1. The van der Waals surface area contributed by atoms with E-state index in [1.807, 2.05) is 48.5 Å². The lowest BCUT2D eigenvalue weighted by atomic mass is 10.0. The molecule has 0 bridgehead atoms. The number of ether oxygens (including phenoxy) is 1. The van der Waals surface area contributed by atoms with Crippen LogP contribution >= 0.6 is 0 Å². The van der Waals surface area contributed by atoms with Crippen LogP contribution < -0.4 is 4.74 Å².